The predicted octanol–water partition coefficient (Wildman–Crippen LogP) is 6.45. The second-order valence-electron chi connectivity index (χ2n) is 8.31. The zero-order valence-corrected chi connectivity index (χ0v) is 19.5. The van der Waals surface area contributed by atoms with E-state index in [1.165, 1.54) is 0 Å². The fourth-order valence-electron chi connectivity index (χ4n) is 3.85. The molecule has 6 nitrogen and oxygen atoms in total. The third-order valence-corrected chi connectivity index (χ3v) is 5.95. The van der Waals surface area contributed by atoms with Crippen LogP contribution in [0.3, 0.4) is 0 Å². The number of urea groups is 1. The second kappa shape index (κ2) is 9.96. The van der Waals surface area contributed by atoms with Crippen LogP contribution < -0.4 is 20.9 Å². The lowest BCUT2D eigenvalue weighted by molar-refractivity contribution is 0.102. The molecule has 7 heteroatoms. The summed E-state index contributed by atoms with van der Waals surface area (Å²) >= 11 is 6.26. The van der Waals surface area contributed by atoms with Crippen molar-refractivity contribution in [1.82, 2.24) is 0 Å². The summed E-state index contributed by atoms with van der Waals surface area (Å²) in [5.41, 5.74) is 5.36. The molecule has 3 aromatic carbocycles. The van der Waals surface area contributed by atoms with Crippen molar-refractivity contribution in [3.63, 3.8) is 0 Å². The Morgan fingerprint density at radius 3 is 2.15 bits per heavy atom. The number of halogens is 1. The lowest BCUT2D eigenvalue weighted by atomic mass is 10.1. The molecule has 4 rings (SSSR count). The van der Waals surface area contributed by atoms with Gasteiger partial charge in [0.25, 0.3) is 5.91 Å². The Labute approximate surface area is 198 Å². The zero-order chi connectivity index (χ0) is 23.4. The highest BCUT2D eigenvalue weighted by Gasteiger charge is 2.18. The molecule has 170 valence electrons. The molecule has 0 aliphatic carbocycles. The van der Waals surface area contributed by atoms with E-state index in [4.69, 9.17) is 11.6 Å². The van der Waals surface area contributed by atoms with Crippen LogP contribution in [0.5, 0.6) is 0 Å². The minimum absolute atomic E-state index is 0.203. The van der Waals surface area contributed by atoms with E-state index in [0.29, 0.717) is 27.6 Å². The van der Waals surface area contributed by atoms with E-state index < -0.39 is 6.03 Å². The van der Waals surface area contributed by atoms with Crippen molar-refractivity contribution in [2.75, 3.05) is 33.9 Å². The maximum atomic E-state index is 12.8. The van der Waals surface area contributed by atoms with Gasteiger partial charge in [-0.05, 0) is 74.7 Å². The summed E-state index contributed by atoms with van der Waals surface area (Å²) in [7, 11) is 0. The molecule has 1 aliphatic rings. The van der Waals surface area contributed by atoms with Crippen LogP contribution in [0.2, 0.25) is 5.02 Å². The number of anilines is 4. The minimum atomic E-state index is -0.400. The van der Waals surface area contributed by atoms with E-state index >= 15 is 0 Å². The molecular formula is C26H27ClN4O2. The number of nitrogens with zero attached hydrogens (tertiary/aromatic N) is 1. The molecule has 1 saturated heterocycles. The smallest absolute Gasteiger partial charge is 0.323 e. The molecule has 0 saturated carbocycles. The van der Waals surface area contributed by atoms with Gasteiger partial charge in [-0.15, -0.1) is 0 Å². The van der Waals surface area contributed by atoms with Gasteiger partial charge >= 0.3 is 6.03 Å². The normalized spacial score (nSPS) is 13.0. The Bertz CT molecular complexity index is 1170. The minimum Gasteiger partial charge on any atom is -0.370 e. The van der Waals surface area contributed by atoms with Crippen LogP contribution in [0.15, 0.2) is 60.7 Å². The molecular weight excluding hydrogens is 436 g/mol. The van der Waals surface area contributed by atoms with Crippen molar-refractivity contribution < 1.29 is 9.59 Å². The highest BCUT2D eigenvalue weighted by atomic mass is 35.5. The third kappa shape index (κ3) is 5.65. The number of nitrogens with one attached hydrogen (secondary N) is 3. The topological polar surface area (TPSA) is 73.5 Å². The first-order valence-corrected chi connectivity index (χ1v) is 11.4. The van der Waals surface area contributed by atoms with Gasteiger partial charge in [-0.2, -0.15) is 0 Å². The molecule has 1 fully saturated rings. The van der Waals surface area contributed by atoms with Crippen LogP contribution in [0, 0.1) is 13.8 Å². The number of carbonyl (C=O) groups excluding carboxylic acids is 2. The second-order valence-corrected chi connectivity index (χ2v) is 8.72. The largest absolute Gasteiger partial charge is 0.370 e. The van der Waals surface area contributed by atoms with Crippen molar-refractivity contribution >= 4 is 46.3 Å². The fraction of sp³-hybridized carbons (Fsp3) is 0.231. The Morgan fingerprint density at radius 2 is 1.45 bits per heavy atom. The van der Waals surface area contributed by atoms with E-state index in [0.717, 1.165) is 42.7 Å². The third-order valence-electron chi connectivity index (χ3n) is 5.64. The van der Waals surface area contributed by atoms with Crippen molar-refractivity contribution in [1.29, 1.82) is 0 Å². The molecule has 0 unspecified atom stereocenters. The highest BCUT2D eigenvalue weighted by Crippen LogP contribution is 2.32. The van der Waals surface area contributed by atoms with Crippen LogP contribution in [0.1, 0.15) is 34.3 Å². The number of hydrogen-bond donors (Lipinski definition) is 3. The Morgan fingerprint density at radius 1 is 0.788 bits per heavy atom. The first-order valence-electron chi connectivity index (χ1n) is 11.0. The quantitative estimate of drug-likeness (QED) is 0.407. The van der Waals surface area contributed by atoms with Crippen molar-refractivity contribution in [2.45, 2.75) is 26.7 Å². The van der Waals surface area contributed by atoms with Crippen LogP contribution in [0.4, 0.5) is 27.5 Å². The van der Waals surface area contributed by atoms with Gasteiger partial charge in [0.2, 0.25) is 0 Å². The van der Waals surface area contributed by atoms with Crippen LogP contribution in [0.25, 0.3) is 0 Å². The van der Waals surface area contributed by atoms with Crippen LogP contribution >= 0.6 is 11.6 Å². The number of aryl methyl sites for hydroxylation is 2. The van der Waals surface area contributed by atoms with E-state index in [2.05, 4.69) is 20.9 Å². The molecule has 1 heterocycles. The molecule has 0 spiro atoms. The lowest BCUT2D eigenvalue weighted by Crippen LogP contribution is -2.24. The molecule has 0 atom stereocenters. The van der Waals surface area contributed by atoms with Gasteiger partial charge in [-0.25, -0.2) is 4.79 Å². The number of rotatable bonds is 5. The molecule has 3 N–H and O–H groups in total. The summed E-state index contributed by atoms with van der Waals surface area (Å²) < 4.78 is 0. The average molecular weight is 463 g/mol. The fourth-order valence-corrected chi connectivity index (χ4v) is 4.14. The highest BCUT2D eigenvalue weighted by molar-refractivity contribution is 6.33. The lowest BCUT2D eigenvalue weighted by Gasteiger charge is -2.23. The van der Waals surface area contributed by atoms with Gasteiger partial charge in [0, 0.05) is 24.3 Å². The molecule has 1 aliphatic heterocycles. The summed E-state index contributed by atoms with van der Waals surface area (Å²) in [6, 6.07) is 18.0. The summed E-state index contributed by atoms with van der Waals surface area (Å²) in [6.07, 6.45) is 2.22. The van der Waals surface area contributed by atoms with E-state index in [1.54, 1.807) is 30.3 Å². The van der Waals surface area contributed by atoms with E-state index in [9.17, 15) is 9.59 Å². The Balaban J connectivity index is 1.55. The van der Waals surface area contributed by atoms with Crippen molar-refractivity contribution in [2.24, 2.45) is 0 Å². The first kappa shape index (κ1) is 22.7. The molecule has 3 aromatic rings. The van der Waals surface area contributed by atoms with Crippen molar-refractivity contribution in [3.05, 3.63) is 82.4 Å². The number of benzene rings is 3. The molecule has 3 amide bonds. The van der Waals surface area contributed by atoms with Gasteiger partial charge in [-0.1, -0.05) is 35.4 Å². The molecule has 0 bridgehead atoms. The van der Waals surface area contributed by atoms with Crippen LogP contribution in [-0.4, -0.2) is 25.0 Å². The summed E-state index contributed by atoms with van der Waals surface area (Å²) in [5.74, 6) is -0.203. The van der Waals surface area contributed by atoms with Gasteiger partial charge in [0.1, 0.15) is 0 Å². The van der Waals surface area contributed by atoms with E-state index in [1.807, 2.05) is 44.2 Å². The number of hydrogen-bond acceptors (Lipinski definition) is 3. The maximum Gasteiger partial charge on any atom is 0.323 e. The summed E-state index contributed by atoms with van der Waals surface area (Å²) in [4.78, 5) is 27.7. The predicted molar refractivity (Wildman–Crippen MR) is 136 cm³/mol. The van der Waals surface area contributed by atoms with Gasteiger partial charge in [0.05, 0.1) is 22.1 Å². The Hall–Kier alpha value is -3.51. The van der Waals surface area contributed by atoms with Gasteiger partial charge in [-0.3, -0.25) is 4.79 Å². The monoisotopic (exact) mass is 462 g/mol. The maximum absolute atomic E-state index is 12.8. The standard InChI is InChI=1S/C26H27ClN4O2/c1-17-5-8-19(9-6-17)25(32)28-20-10-12-24(31-13-3-4-14-31)23(16-20)30-26(33)29-22-11-7-18(2)15-21(22)27/h5-12,15-16H,3-4,13-14H2,1-2H3,(H,28,32)(H2,29,30,33). The van der Waals surface area contributed by atoms with Crippen molar-refractivity contribution in [3.8, 4) is 0 Å². The average Bonchev–Trinajstić information content (AvgIpc) is 3.31. The first-order chi connectivity index (χ1) is 15.9. The molecule has 0 aromatic heterocycles. The SMILES string of the molecule is Cc1ccc(C(=O)Nc2ccc(N3CCCC3)c(NC(=O)Nc3ccc(C)cc3Cl)c2)cc1. The van der Waals surface area contributed by atoms with Crippen LogP contribution in [-0.2, 0) is 0 Å². The van der Waals surface area contributed by atoms with Gasteiger partial charge < -0.3 is 20.9 Å². The molecule has 33 heavy (non-hydrogen) atoms. The molecule has 0 radical (unpaired) electrons. The number of amides is 3. The summed E-state index contributed by atoms with van der Waals surface area (Å²) in [6.45, 7) is 5.77. The van der Waals surface area contributed by atoms with Gasteiger partial charge in [0.15, 0.2) is 0 Å². The number of carbonyl (C=O) groups is 2. The zero-order valence-electron chi connectivity index (χ0n) is 18.7. The Kier molecular flexibility index (Phi) is 6.84. The summed E-state index contributed by atoms with van der Waals surface area (Å²) in [5, 5.41) is 9.14. The van der Waals surface area contributed by atoms with E-state index in [-0.39, 0.29) is 5.91 Å².